The van der Waals surface area contributed by atoms with Crippen molar-refractivity contribution in [3.05, 3.63) is 89.0 Å². The molecule has 3 amide bonds. The predicted octanol–water partition coefficient (Wildman–Crippen LogP) is 4.06. The molecule has 3 aromatic rings. The standard InChI is InChI=1S/C27H22N2O5/c1-16-10-11-17(2)23(12-16)28-15-18(13-24(28)30)27(33)34-20-7-5-6-19(14-20)29-25(31)21-8-3-4-9-22(21)26(29)32/h3-12,14,18H,13,15H2,1-2H3/t18-/m1/s1. The van der Waals surface area contributed by atoms with Gasteiger partial charge in [-0.1, -0.05) is 30.3 Å². The number of benzene rings is 3. The number of hydrogen-bond donors (Lipinski definition) is 0. The van der Waals surface area contributed by atoms with Gasteiger partial charge in [-0.3, -0.25) is 19.2 Å². The average Bonchev–Trinajstić information content (AvgIpc) is 3.33. The number of carbonyl (C=O) groups is 4. The summed E-state index contributed by atoms with van der Waals surface area (Å²) in [5, 5.41) is 0. The maximum absolute atomic E-state index is 12.9. The molecule has 170 valence electrons. The van der Waals surface area contributed by atoms with Crippen molar-refractivity contribution in [1.29, 1.82) is 0 Å². The van der Waals surface area contributed by atoms with Crippen LogP contribution < -0.4 is 14.5 Å². The van der Waals surface area contributed by atoms with Crippen molar-refractivity contribution in [2.75, 3.05) is 16.3 Å². The lowest BCUT2D eigenvalue weighted by Crippen LogP contribution is -2.29. The molecule has 5 rings (SSSR count). The summed E-state index contributed by atoms with van der Waals surface area (Å²) in [6.45, 7) is 4.12. The van der Waals surface area contributed by atoms with Gasteiger partial charge in [0, 0.05) is 24.7 Å². The number of nitrogens with zero attached hydrogens (tertiary/aromatic N) is 2. The minimum absolute atomic E-state index is 0.0598. The van der Waals surface area contributed by atoms with E-state index in [9.17, 15) is 19.2 Å². The van der Waals surface area contributed by atoms with Crippen molar-refractivity contribution in [2.45, 2.75) is 20.3 Å². The second-order valence-corrected chi connectivity index (χ2v) is 8.61. The summed E-state index contributed by atoms with van der Waals surface area (Å²) in [5.74, 6) is -1.91. The third kappa shape index (κ3) is 3.65. The molecule has 0 aliphatic carbocycles. The highest BCUT2D eigenvalue weighted by Crippen LogP contribution is 2.32. The molecule has 1 atom stereocenters. The molecule has 3 aromatic carbocycles. The number of fused-ring (bicyclic) bond motifs is 1. The van der Waals surface area contributed by atoms with Crippen LogP contribution in [0.2, 0.25) is 0 Å². The fourth-order valence-corrected chi connectivity index (χ4v) is 4.42. The van der Waals surface area contributed by atoms with E-state index in [0.29, 0.717) is 16.8 Å². The molecule has 2 aliphatic rings. The van der Waals surface area contributed by atoms with E-state index < -0.39 is 23.7 Å². The third-order valence-corrected chi connectivity index (χ3v) is 6.20. The molecule has 7 nitrogen and oxygen atoms in total. The van der Waals surface area contributed by atoms with E-state index in [2.05, 4.69) is 0 Å². The predicted molar refractivity (Wildman–Crippen MR) is 126 cm³/mol. The minimum atomic E-state index is -0.615. The molecule has 1 fully saturated rings. The van der Waals surface area contributed by atoms with Gasteiger partial charge in [0.15, 0.2) is 0 Å². The quantitative estimate of drug-likeness (QED) is 0.337. The molecule has 0 radical (unpaired) electrons. The average molecular weight is 454 g/mol. The van der Waals surface area contributed by atoms with Gasteiger partial charge in [0.2, 0.25) is 5.91 Å². The van der Waals surface area contributed by atoms with Crippen molar-refractivity contribution in [3.8, 4) is 5.75 Å². The number of ether oxygens (including phenoxy) is 1. The molecule has 0 saturated carbocycles. The fourth-order valence-electron chi connectivity index (χ4n) is 4.42. The molecule has 0 aromatic heterocycles. The van der Waals surface area contributed by atoms with E-state index in [1.54, 1.807) is 47.4 Å². The highest BCUT2D eigenvalue weighted by Gasteiger charge is 2.38. The van der Waals surface area contributed by atoms with Gasteiger partial charge in [-0.2, -0.15) is 0 Å². The Morgan fingerprint density at radius 1 is 0.882 bits per heavy atom. The van der Waals surface area contributed by atoms with Gasteiger partial charge in [-0.15, -0.1) is 0 Å². The SMILES string of the molecule is Cc1ccc(C)c(N2C[C@H](C(=O)Oc3cccc(N4C(=O)c5ccccc5C4=O)c3)CC2=O)c1. The van der Waals surface area contributed by atoms with Crippen LogP contribution in [-0.2, 0) is 9.59 Å². The van der Waals surface area contributed by atoms with Crippen LogP contribution in [0.25, 0.3) is 0 Å². The minimum Gasteiger partial charge on any atom is -0.426 e. The highest BCUT2D eigenvalue weighted by atomic mass is 16.5. The summed E-state index contributed by atoms with van der Waals surface area (Å²) in [6.07, 6.45) is 0.0598. The fraction of sp³-hybridized carbons (Fsp3) is 0.185. The Bertz CT molecular complexity index is 1330. The first kappa shape index (κ1) is 21.6. The van der Waals surface area contributed by atoms with Crippen LogP contribution in [0.3, 0.4) is 0 Å². The van der Waals surface area contributed by atoms with E-state index >= 15 is 0 Å². The smallest absolute Gasteiger partial charge is 0.316 e. The Morgan fingerprint density at radius 3 is 2.29 bits per heavy atom. The Kier molecular flexibility index (Phi) is 5.24. The molecule has 2 aliphatic heterocycles. The number of amides is 3. The van der Waals surface area contributed by atoms with Crippen LogP contribution in [0.1, 0.15) is 38.3 Å². The van der Waals surface area contributed by atoms with Crippen LogP contribution in [0, 0.1) is 19.8 Å². The van der Waals surface area contributed by atoms with Crippen LogP contribution in [0.15, 0.2) is 66.7 Å². The number of anilines is 2. The molecule has 0 spiro atoms. The number of imide groups is 1. The first-order valence-electron chi connectivity index (χ1n) is 11.0. The van der Waals surface area contributed by atoms with E-state index in [-0.39, 0.29) is 24.6 Å². The molecule has 1 saturated heterocycles. The largest absolute Gasteiger partial charge is 0.426 e. The van der Waals surface area contributed by atoms with E-state index in [1.807, 2.05) is 32.0 Å². The van der Waals surface area contributed by atoms with Gasteiger partial charge < -0.3 is 9.64 Å². The van der Waals surface area contributed by atoms with E-state index in [4.69, 9.17) is 4.74 Å². The van der Waals surface area contributed by atoms with Crippen molar-refractivity contribution in [3.63, 3.8) is 0 Å². The normalized spacial score (nSPS) is 17.4. The first-order valence-corrected chi connectivity index (χ1v) is 11.0. The molecular weight excluding hydrogens is 432 g/mol. The van der Waals surface area contributed by atoms with Crippen molar-refractivity contribution in [1.82, 2.24) is 0 Å². The van der Waals surface area contributed by atoms with Crippen LogP contribution in [0.5, 0.6) is 5.75 Å². The summed E-state index contributed by atoms with van der Waals surface area (Å²) in [7, 11) is 0. The molecule has 0 bridgehead atoms. The lowest BCUT2D eigenvalue weighted by molar-refractivity contribution is -0.139. The summed E-state index contributed by atoms with van der Waals surface area (Å²) >= 11 is 0. The first-order chi connectivity index (χ1) is 16.3. The third-order valence-electron chi connectivity index (χ3n) is 6.20. The topological polar surface area (TPSA) is 84.0 Å². The second kappa shape index (κ2) is 8.26. The summed E-state index contributed by atoms with van der Waals surface area (Å²) < 4.78 is 5.57. The van der Waals surface area contributed by atoms with Crippen LogP contribution in [-0.4, -0.2) is 30.2 Å². The molecule has 0 N–H and O–H groups in total. The van der Waals surface area contributed by atoms with Gasteiger partial charge in [-0.05, 0) is 55.3 Å². The molecular formula is C27H22N2O5. The number of carbonyl (C=O) groups excluding carboxylic acids is 4. The van der Waals surface area contributed by atoms with E-state index in [0.717, 1.165) is 21.7 Å². The lowest BCUT2D eigenvalue weighted by Gasteiger charge is -2.19. The van der Waals surface area contributed by atoms with Crippen molar-refractivity contribution in [2.24, 2.45) is 5.92 Å². The molecule has 0 unspecified atom stereocenters. The highest BCUT2D eigenvalue weighted by molar-refractivity contribution is 6.34. The van der Waals surface area contributed by atoms with Gasteiger partial charge in [0.05, 0.1) is 22.7 Å². The summed E-state index contributed by atoms with van der Waals surface area (Å²) in [6, 6.07) is 18.8. The molecule has 2 heterocycles. The van der Waals surface area contributed by atoms with Crippen LogP contribution >= 0.6 is 0 Å². The van der Waals surface area contributed by atoms with Crippen LogP contribution in [0.4, 0.5) is 11.4 Å². The number of aryl methyl sites for hydroxylation is 2. The lowest BCUT2D eigenvalue weighted by atomic mass is 10.1. The van der Waals surface area contributed by atoms with Crippen molar-refractivity contribution < 1.29 is 23.9 Å². The zero-order chi connectivity index (χ0) is 24.0. The van der Waals surface area contributed by atoms with Gasteiger partial charge in [0.1, 0.15) is 5.75 Å². The summed E-state index contributed by atoms with van der Waals surface area (Å²) in [4.78, 5) is 53.8. The monoisotopic (exact) mass is 454 g/mol. The van der Waals surface area contributed by atoms with Crippen molar-refractivity contribution >= 4 is 35.1 Å². The van der Waals surface area contributed by atoms with E-state index in [1.165, 1.54) is 6.07 Å². The van der Waals surface area contributed by atoms with Gasteiger partial charge in [-0.25, -0.2) is 4.90 Å². The Morgan fingerprint density at radius 2 is 1.59 bits per heavy atom. The number of hydrogen-bond acceptors (Lipinski definition) is 5. The van der Waals surface area contributed by atoms with Gasteiger partial charge in [0.25, 0.3) is 11.8 Å². The maximum Gasteiger partial charge on any atom is 0.316 e. The van der Waals surface area contributed by atoms with Gasteiger partial charge >= 0.3 is 5.97 Å². The zero-order valence-corrected chi connectivity index (χ0v) is 18.8. The second-order valence-electron chi connectivity index (χ2n) is 8.61. The number of esters is 1. The Balaban J connectivity index is 1.32. The molecule has 7 heteroatoms. The Labute approximate surface area is 196 Å². The summed E-state index contributed by atoms with van der Waals surface area (Å²) in [5.41, 5.74) is 3.78. The Hall–Kier alpha value is -4.26. The molecule has 34 heavy (non-hydrogen) atoms. The maximum atomic E-state index is 12.9. The zero-order valence-electron chi connectivity index (χ0n) is 18.8. The number of rotatable bonds is 4.